The standard InChI is InChI=1S/C16H20N2O6S/c1-23-13-5-4-11(18-15(19)6-7-16(18)20)9-14(13)25(21,22)17-10-12-3-2-8-24-12/h4-5,9,12,17H,2-3,6-8,10H2,1H3. The van der Waals surface area contributed by atoms with Crippen molar-refractivity contribution in [1.82, 2.24) is 4.72 Å². The summed E-state index contributed by atoms with van der Waals surface area (Å²) in [5.74, 6) is -0.542. The second kappa shape index (κ2) is 7.11. The van der Waals surface area contributed by atoms with Crippen LogP contribution in [0.2, 0.25) is 0 Å². The monoisotopic (exact) mass is 368 g/mol. The van der Waals surface area contributed by atoms with Crippen molar-refractivity contribution < 1.29 is 27.5 Å². The van der Waals surface area contributed by atoms with Gasteiger partial charge in [0.05, 0.1) is 18.9 Å². The van der Waals surface area contributed by atoms with E-state index in [2.05, 4.69) is 4.72 Å². The summed E-state index contributed by atoms with van der Waals surface area (Å²) in [5.41, 5.74) is 0.228. The molecule has 0 radical (unpaired) electrons. The number of hydrogen-bond donors (Lipinski definition) is 1. The van der Waals surface area contributed by atoms with Crippen molar-refractivity contribution in [1.29, 1.82) is 0 Å². The molecule has 0 saturated carbocycles. The fourth-order valence-electron chi connectivity index (χ4n) is 2.96. The molecule has 2 aliphatic rings. The summed E-state index contributed by atoms with van der Waals surface area (Å²) in [5, 5.41) is 0. The minimum absolute atomic E-state index is 0.113. The summed E-state index contributed by atoms with van der Waals surface area (Å²) in [4.78, 5) is 24.7. The maximum absolute atomic E-state index is 12.7. The van der Waals surface area contributed by atoms with Gasteiger partial charge in [0.1, 0.15) is 10.6 Å². The number of amides is 2. The molecule has 25 heavy (non-hydrogen) atoms. The van der Waals surface area contributed by atoms with Crippen LogP contribution in [0, 0.1) is 0 Å². The van der Waals surface area contributed by atoms with Crippen LogP contribution in [0.1, 0.15) is 25.7 Å². The normalized spacial score (nSPS) is 21.2. The Kier molecular flexibility index (Phi) is 5.07. The summed E-state index contributed by atoms with van der Waals surface area (Å²) < 4.78 is 38.4. The van der Waals surface area contributed by atoms with Crippen LogP contribution in [0.15, 0.2) is 23.1 Å². The molecule has 1 aromatic carbocycles. The number of carbonyl (C=O) groups is 2. The van der Waals surface area contributed by atoms with E-state index >= 15 is 0 Å². The highest BCUT2D eigenvalue weighted by Crippen LogP contribution is 2.31. The summed E-state index contributed by atoms with van der Waals surface area (Å²) in [7, 11) is -2.52. The highest BCUT2D eigenvalue weighted by Gasteiger charge is 2.32. The number of sulfonamides is 1. The Hall–Kier alpha value is -1.97. The number of nitrogens with zero attached hydrogens (tertiary/aromatic N) is 1. The molecule has 0 spiro atoms. The van der Waals surface area contributed by atoms with Gasteiger partial charge >= 0.3 is 0 Å². The zero-order valence-corrected chi connectivity index (χ0v) is 14.7. The average Bonchev–Trinajstić information content (AvgIpc) is 3.22. The van der Waals surface area contributed by atoms with Gasteiger partial charge in [-0.2, -0.15) is 0 Å². The van der Waals surface area contributed by atoms with Gasteiger partial charge in [0, 0.05) is 26.0 Å². The van der Waals surface area contributed by atoms with Crippen LogP contribution < -0.4 is 14.4 Å². The van der Waals surface area contributed by atoms with Gasteiger partial charge in [-0.1, -0.05) is 0 Å². The Bertz CT molecular complexity index is 770. The zero-order chi connectivity index (χ0) is 18.0. The Balaban J connectivity index is 1.89. The molecule has 2 saturated heterocycles. The number of methoxy groups -OCH3 is 1. The minimum atomic E-state index is -3.88. The molecule has 2 amide bonds. The van der Waals surface area contributed by atoms with Crippen LogP contribution in [0.4, 0.5) is 5.69 Å². The van der Waals surface area contributed by atoms with E-state index in [0.717, 1.165) is 17.7 Å². The van der Waals surface area contributed by atoms with Crippen molar-refractivity contribution >= 4 is 27.5 Å². The number of imide groups is 1. The molecule has 136 valence electrons. The van der Waals surface area contributed by atoms with Crippen molar-refractivity contribution in [2.45, 2.75) is 36.7 Å². The fraction of sp³-hybridized carbons (Fsp3) is 0.500. The molecule has 2 aliphatic heterocycles. The smallest absolute Gasteiger partial charge is 0.244 e. The van der Waals surface area contributed by atoms with E-state index in [1.807, 2.05) is 0 Å². The lowest BCUT2D eigenvalue weighted by Crippen LogP contribution is -2.32. The Morgan fingerprint density at radius 2 is 2.00 bits per heavy atom. The molecule has 2 fully saturated rings. The van der Waals surface area contributed by atoms with Crippen molar-refractivity contribution in [3.05, 3.63) is 18.2 Å². The van der Waals surface area contributed by atoms with Gasteiger partial charge in [-0.05, 0) is 31.0 Å². The first kappa shape index (κ1) is 17.8. The number of hydrogen-bond acceptors (Lipinski definition) is 6. The van der Waals surface area contributed by atoms with Crippen LogP contribution in [-0.2, 0) is 24.3 Å². The lowest BCUT2D eigenvalue weighted by Gasteiger charge is -2.18. The van der Waals surface area contributed by atoms with E-state index in [4.69, 9.17) is 9.47 Å². The quantitative estimate of drug-likeness (QED) is 0.746. The van der Waals surface area contributed by atoms with Crippen molar-refractivity contribution in [2.75, 3.05) is 25.2 Å². The molecule has 9 heteroatoms. The predicted molar refractivity (Wildman–Crippen MR) is 88.9 cm³/mol. The van der Waals surface area contributed by atoms with E-state index in [-0.39, 0.29) is 53.6 Å². The molecule has 2 heterocycles. The summed E-state index contributed by atoms with van der Waals surface area (Å²) in [6.45, 7) is 0.793. The third kappa shape index (κ3) is 3.68. The van der Waals surface area contributed by atoms with E-state index in [0.29, 0.717) is 6.61 Å². The molecule has 1 N–H and O–H groups in total. The highest BCUT2D eigenvalue weighted by molar-refractivity contribution is 7.89. The van der Waals surface area contributed by atoms with Crippen LogP contribution in [0.5, 0.6) is 5.75 Å². The maximum Gasteiger partial charge on any atom is 0.244 e. The Morgan fingerprint density at radius 1 is 1.28 bits per heavy atom. The molecule has 0 bridgehead atoms. The van der Waals surface area contributed by atoms with E-state index in [1.165, 1.54) is 25.3 Å². The number of nitrogens with one attached hydrogen (secondary N) is 1. The minimum Gasteiger partial charge on any atom is -0.495 e. The topological polar surface area (TPSA) is 102 Å². The third-order valence-electron chi connectivity index (χ3n) is 4.27. The van der Waals surface area contributed by atoms with E-state index in [9.17, 15) is 18.0 Å². The summed E-state index contributed by atoms with van der Waals surface area (Å²) >= 11 is 0. The van der Waals surface area contributed by atoms with Gasteiger partial charge in [0.2, 0.25) is 21.8 Å². The number of rotatable bonds is 6. The first-order chi connectivity index (χ1) is 11.9. The molecular formula is C16H20N2O6S. The van der Waals surface area contributed by atoms with E-state index in [1.54, 1.807) is 0 Å². The first-order valence-electron chi connectivity index (χ1n) is 8.07. The SMILES string of the molecule is COc1ccc(N2C(=O)CCC2=O)cc1S(=O)(=O)NCC1CCCO1. The van der Waals surface area contributed by atoms with Gasteiger partial charge in [-0.3, -0.25) is 14.5 Å². The Labute approximate surface area is 146 Å². The summed E-state index contributed by atoms with van der Waals surface area (Å²) in [6, 6.07) is 4.23. The molecule has 0 aromatic heterocycles. The van der Waals surface area contributed by atoms with Crippen LogP contribution >= 0.6 is 0 Å². The summed E-state index contributed by atoms with van der Waals surface area (Å²) in [6.07, 6.45) is 1.82. The van der Waals surface area contributed by atoms with Crippen LogP contribution in [0.25, 0.3) is 0 Å². The molecule has 1 unspecified atom stereocenters. The first-order valence-corrected chi connectivity index (χ1v) is 9.56. The fourth-order valence-corrected chi connectivity index (χ4v) is 4.22. The molecule has 1 aromatic rings. The van der Waals surface area contributed by atoms with Crippen LogP contribution in [-0.4, -0.2) is 46.6 Å². The molecule has 0 aliphatic carbocycles. The third-order valence-corrected chi connectivity index (χ3v) is 5.72. The molecule has 1 atom stereocenters. The molecule has 3 rings (SSSR count). The van der Waals surface area contributed by atoms with E-state index < -0.39 is 10.0 Å². The Morgan fingerprint density at radius 3 is 2.60 bits per heavy atom. The number of benzene rings is 1. The van der Waals surface area contributed by atoms with Crippen molar-refractivity contribution in [3.63, 3.8) is 0 Å². The second-order valence-corrected chi connectivity index (χ2v) is 7.68. The predicted octanol–water partition coefficient (Wildman–Crippen LogP) is 0.806. The van der Waals surface area contributed by atoms with Gasteiger partial charge in [0.15, 0.2) is 0 Å². The van der Waals surface area contributed by atoms with Gasteiger partial charge < -0.3 is 9.47 Å². The highest BCUT2D eigenvalue weighted by atomic mass is 32.2. The van der Waals surface area contributed by atoms with Gasteiger partial charge in [0.25, 0.3) is 0 Å². The van der Waals surface area contributed by atoms with Crippen molar-refractivity contribution in [3.8, 4) is 5.75 Å². The van der Waals surface area contributed by atoms with Gasteiger partial charge in [-0.25, -0.2) is 13.1 Å². The zero-order valence-electron chi connectivity index (χ0n) is 13.9. The maximum atomic E-state index is 12.7. The largest absolute Gasteiger partial charge is 0.495 e. The van der Waals surface area contributed by atoms with Crippen molar-refractivity contribution in [2.24, 2.45) is 0 Å². The second-order valence-electron chi connectivity index (χ2n) is 5.94. The van der Waals surface area contributed by atoms with Crippen LogP contribution in [0.3, 0.4) is 0 Å². The lowest BCUT2D eigenvalue weighted by atomic mass is 10.2. The molecular weight excluding hydrogens is 348 g/mol. The lowest BCUT2D eigenvalue weighted by molar-refractivity contribution is -0.121. The number of carbonyl (C=O) groups excluding carboxylic acids is 2. The molecule has 8 nitrogen and oxygen atoms in total. The number of anilines is 1. The average molecular weight is 368 g/mol. The van der Waals surface area contributed by atoms with Gasteiger partial charge in [-0.15, -0.1) is 0 Å². The number of ether oxygens (including phenoxy) is 2.